The Morgan fingerprint density at radius 1 is 0.844 bits per heavy atom. The Morgan fingerprint density at radius 2 is 1.59 bits per heavy atom. The topological polar surface area (TPSA) is 21.7 Å². The molecule has 0 aromatic carbocycles. The van der Waals surface area contributed by atoms with Gasteiger partial charge in [-0.2, -0.15) is 0 Å². The molecule has 32 heavy (non-hydrogen) atoms. The summed E-state index contributed by atoms with van der Waals surface area (Å²) in [6.45, 7) is 14.5. The van der Waals surface area contributed by atoms with Gasteiger partial charge in [-0.15, -0.1) is 0 Å². The van der Waals surface area contributed by atoms with Gasteiger partial charge in [-0.1, -0.05) is 31.9 Å². The molecular weight excluding hydrogens is 394 g/mol. The Morgan fingerprint density at radius 3 is 2.34 bits per heavy atom. The van der Waals surface area contributed by atoms with Crippen LogP contribution in [0.25, 0.3) is 0 Å². The average Bonchev–Trinajstić information content (AvgIpc) is 3.29. The fourth-order valence-electron chi connectivity index (χ4n) is 10.1. The van der Waals surface area contributed by atoms with Crippen LogP contribution in [0.4, 0.5) is 0 Å². The summed E-state index contributed by atoms with van der Waals surface area (Å²) in [6.07, 6.45) is 16.8. The van der Waals surface area contributed by atoms with Crippen LogP contribution in [0, 0.1) is 34.5 Å². The number of allylic oxidation sites excluding steroid dienone is 2. The van der Waals surface area contributed by atoms with E-state index in [4.69, 9.17) is 9.47 Å². The van der Waals surface area contributed by atoms with Crippen LogP contribution >= 0.6 is 0 Å². The van der Waals surface area contributed by atoms with Crippen molar-refractivity contribution < 1.29 is 9.47 Å². The number of likely N-dealkylation sites (tertiary alicyclic amines) is 1. The van der Waals surface area contributed by atoms with Crippen molar-refractivity contribution in [1.82, 2.24) is 4.90 Å². The molecule has 6 rings (SSSR count). The van der Waals surface area contributed by atoms with Crippen LogP contribution in [0.2, 0.25) is 0 Å². The number of hydrogen-bond donors (Lipinski definition) is 0. The first-order valence-corrected chi connectivity index (χ1v) is 14.0. The van der Waals surface area contributed by atoms with Crippen molar-refractivity contribution in [3.63, 3.8) is 0 Å². The fourth-order valence-corrected chi connectivity index (χ4v) is 10.1. The minimum Gasteiger partial charge on any atom is -0.344 e. The van der Waals surface area contributed by atoms with E-state index in [1.165, 1.54) is 77.3 Å². The predicted octanol–water partition coefficient (Wildman–Crippen LogP) is 6.57. The minimum absolute atomic E-state index is 0.292. The molecule has 2 saturated heterocycles. The maximum absolute atomic E-state index is 6.86. The zero-order valence-electron chi connectivity index (χ0n) is 21.4. The first-order valence-electron chi connectivity index (χ1n) is 14.0. The Labute approximate surface area is 196 Å². The molecule has 0 bridgehead atoms. The van der Waals surface area contributed by atoms with Gasteiger partial charge in [-0.05, 0) is 126 Å². The van der Waals surface area contributed by atoms with Gasteiger partial charge in [0.2, 0.25) is 0 Å². The lowest BCUT2D eigenvalue weighted by Gasteiger charge is -2.63. The number of piperidine rings is 1. The third-order valence-corrected chi connectivity index (χ3v) is 11.6. The number of nitrogens with zero attached hydrogens (tertiary/aromatic N) is 1. The third kappa shape index (κ3) is 3.09. The molecule has 4 aliphatic carbocycles. The van der Waals surface area contributed by atoms with Crippen molar-refractivity contribution in [2.45, 2.75) is 123 Å². The number of fused-ring (bicyclic) bond motifs is 8. The monoisotopic (exact) mass is 441 g/mol. The Bertz CT molecular complexity index is 769. The molecular formula is C29H47NO2. The predicted molar refractivity (Wildman–Crippen MR) is 129 cm³/mol. The third-order valence-electron chi connectivity index (χ3n) is 11.6. The molecule has 0 radical (unpaired) electrons. The molecule has 3 heteroatoms. The van der Waals surface area contributed by atoms with E-state index in [1.807, 2.05) is 0 Å². The quantitative estimate of drug-likeness (QED) is 0.430. The largest absolute Gasteiger partial charge is 0.344 e. The molecule has 6 fully saturated rings. The number of rotatable bonds is 1. The Kier molecular flexibility index (Phi) is 5.22. The van der Waals surface area contributed by atoms with E-state index in [0.29, 0.717) is 34.9 Å². The molecule has 0 aromatic rings. The van der Waals surface area contributed by atoms with Crippen molar-refractivity contribution in [2.75, 3.05) is 13.1 Å². The Hall–Kier alpha value is -0.380. The van der Waals surface area contributed by atoms with Gasteiger partial charge in [-0.25, -0.2) is 0 Å². The van der Waals surface area contributed by atoms with E-state index in [9.17, 15) is 0 Å². The minimum atomic E-state index is -0.431. The van der Waals surface area contributed by atoms with Crippen molar-refractivity contribution >= 4 is 0 Å². The summed E-state index contributed by atoms with van der Waals surface area (Å²) in [5, 5.41) is 0. The SMILES string of the molecule is C/C=C1/CCC2C3C(CC[C@]12C)[C@@]1(C)CCC(N2CCCCC2)CC1[C@H]1OC(C)(C)O[C@H]31. The van der Waals surface area contributed by atoms with Crippen LogP contribution in [-0.2, 0) is 9.47 Å². The van der Waals surface area contributed by atoms with Crippen molar-refractivity contribution in [3.05, 3.63) is 11.6 Å². The molecule has 0 N–H and O–H groups in total. The van der Waals surface area contributed by atoms with Gasteiger partial charge < -0.3 is 14.4 Å². The van der Waals surface area contributed by atoms with Crippen LogP contribution in [0.5, 0.6) is 0 Å². The van der Waals surface area contributed by atoms with E-state index in [0.717, 1.165) is 17.9 Å². The molecule has 0 aromatic heterocycles. The fraction of sp³-hybridized carbons (Fsp3) is 0.931. The van der Waals surface area contributed by atoms with Crippen LogP contribution in [0.15, 0.2) is 11.6 Å². The summed E-state index contributed by atoms with van der Waals surface area (Å²) in [4.78, 5) is 2.85. The lowest BCUT2D eigenvalue weighted by atomic mass is 9.43. The van der Waals surface area contributed by atoms with Crippen LogP contribution in [0.1, 0.15) is 98.8 Å². The normalized spacial score (nSPS) is 54.0. The van der Waals surface area contributed by atoms with E-state index >= 15 is 0 Å². The summed E-state index contributed by atoms with van der Waals surface area (Å²) in [5.41, 5.74) is 2.55. The summed E-state index contributed by atoms with van der Waals surface area (Å²) < 4.78 is 13.7. The maximum atomic E-state index is 6.86. The second-order valence-corrected chi connectivity index (χ2v) is 13.3. The summed E-state index contributed by atoms with van der Waals surface area (Å²) in [6, 6.07) is 0.771. The van der Waals surface area contributed by atoms with Gasteiger partial charge >= 0.3 is 0 Å². The number of hydrogen-bond acceptors (Lipinski definition) is 3. The summed E-state index contributed by atoms with van der Waals surface area (Å²) in [5.74, 6) is 2.48. The molecule has 0 amide bonds. The standard InChI is InChI=1S/C29H47NO2/c1-6-19-10-11-21-24-22(13-15-28(19,21)4)29(5)14-12-20(30-16-8-7-9-17-30)18-23(29)25-26(24)32-27(2,3)31-25/h6,20-26H,7-18H2,1-5H3/b19-6-/t20?,21?,22?,23?,24?,25-,26-,28-,29-/m1/s1. The van der Waals surface area contributed by atoms with Crippen molar-refractivity contribution in [1.29, 1.82) is 0 Å². The molecule has 6 aliphatic rings. The van der Waals surface area contributed by atoms with E-state index < -0.39 is 5.79 Å². The summed E-state index contributed by atoms with van der Waals surface area (Å²) >= 11 is 0. The molecule has 5 unspecified atom stereocenters. The van der Waals surface area contributed by atoms with Gasteiger partial charge in [0.15, 0.2) is 5.79 Å². The van der Waals surface area contributed by atoms with Gasteiger partial charge in [0.1, 0.15) is 0 Å². The highest BCUT2D eigenvalue weighted by Crippen LogP contribution is 2.69. The lowest BCUT2D eigenvalue weighted by Crippen LogP contribution is -2.64. The van der Waals surface area contributed by atoms with Gasteiger partial charge in [0.25, 0.3) is 0 Å². The van der Waals surface area contributed by atoms with Crippen molar-refractivity contribution in [2.24, 2.45) is 34.5 Å². The Balaban J connectivity index is 1.35. The smallest absolute Gasteiger partial charge is 0.163 e. The molecule has 9 atom stereocenters. The molecule has 4 saturated carbocycles. The first kappa shape index (κ1) is 22.1. The molecule has 0 spiro atoms. The van der Waals surface area contributed by atoms with E-state index in [-0.39, 0.29) is 0 Å². The molecule has 3 nitrogen and oxygen atoms in total. The number of ether oxygens (including phenoxy) is 2. The van der Waals surface area contributed by atoms with Crippen LogP contribution in [-0.4, -0.2) is 42.0 Å². The van der Waals surface area contributed by atoms with Gasteiger partial charge in [-0.3, -0.25) is 0 Å². The summed E-state index contributed by atoms with van der Waals surface area (Å²) in [7, 11) is 0. The molecule has 2 aliphatic heterocycles. The van der Waals surface area contributed by atoms with Crippen molar-refractivity contribution in [3.8, 4) is 0 Å². The average molecular weight is 442 g/mol. The highest BCUT2D eigenvalue weighted by Gasteiger charge is 2.68. The zero-order chi connectivity index (χ0) is 22.3. The highest BCUT2D eigenvalue weighted by atomic mass is 16.8. The lowest BCUT2D eigenvalue weighted by molar-refractivity contribution is -0.179. The van der Waals surface area contributed by atoms with Gasteiger partial charge in [0.05, 0.1) is 12.2 Å². The maximum Gasteiger partial charge on any atom is 0.163 e. The van der Waals surface area contributed by atoms with Crippen LogP contribution in [0.3, 0.4) is 0 Å². The second-order valence-electron chi connectivity index (χ2n) is 13.3. The first-order chi connectivity index (χ1) is 15.3. The molecule has 2 heterocycles. The zero-order valence-corrected chi connectivity index (χ0v) is 21.4. The van der Waals surface area contributed by atoms with Gasteiger partial charge in [0, 0.05) is 6.04 Å². The van der Waals surface area contributed by atoms with E-state index in [2.05, 4.69) is 45.6 Å². The second kappa shape index (κ2) is 7.56. The highest BCUT2D eigenvalue weighted by molar-refractivity contribution is 5.25. The van der Waals surface area contributed by atoms with E-state index in [1.54, 1.807) is 5.57 Å². The molecule has 180 valence electrons. The van der Waals surface area contributed by atoms with Crippen LogP contribution < -0.4 is 0 Å².